The van der Waals surface area contributed by atoms with Gasteiger partial charge in [0.25, 0.3) is 5.91 Å². The van der Waals surface area contributed by atoms with Crippen molar-refractivity contribution in [3.8, 4) is 0 Å². The first-order chi connectivity index (χ1) is 14.0. The number of hydrogen-bond donors (Lipinski definition) is 0. The Morgan fingerprint density at radius 1 is 1.14 bits per heavy atom. The van der Waals surface area contributed by atoms with E-state index in [9.17, 15) is 9.59 Å². The van der Waals surface area contributed by atoms with Gasteiger partial charge in [-0.3, -0.25) is 9.59 Å². The number of thiophene rings is 1. The number of likely N-dealkylation sites (N-methyl/N-ethyl adjacent to an activating group) is 1. The third-order valence-corrected chi connectivity index (χ3v) is 6.01. The summed E-state index contributed by atoms with van der Waals surface area (Å²) in [5.74, 6) is -0.677. The van der Waals surface area contributed by atoms with Gasteiger partial charge in [0.1, 0.15) is 5.58 Å². The van der Waals surface area contributed by atoms with Gasteiger partial charge < -0.3 is 14.1 Å². The lowest BCUT2D eigenvalue weighted by molar-refractivity contribution is -0.151. The molecule has 29 heavy (non-hydrogen) atoms. The zero-order valence-corrected chi connectivity index (χ0v) is 17.1. The number of benzene rings is 2. The minimum absolute atomic E-state index is 0.0576. The van der Waals surface area contributed by atoms with E-state index in [0.29, 0.717) is 6.54 Å². The maximum absolute atomic E-state index is 12.4. The average molecular weight is 407 g/mol. The number of carbonyl (C=O) groups excluding carboxylic acids is 2. The molecule has 2 heterocycles. The minimum Gasteiger partial charge on any atom is -0.464 e. The number of amides is 1. The standard InChI is InChI=1S/C23H21NO4S/c1-15-9-10-29-20(15)12-24(2)21(25)14-28-22(26)11-17-13-27-19-8-7-16-5-3-4-6-18(16)23(17)19/h3-10,13H,11-12,14H2,1-2H3. The van der Waals surface area contributed by atoms with Crippen LogP contribution in [0.15, 0.2) is 58.5 Å². The maximum atomic E-state index is 12.4. The van der Waals surface area contributed by atoms with Gasteiger partial charge in [0, 0.05) is 22.9 Å². The minimum atomic E-state index is -0.449. The van der Waals surface area contributed by atoms with E-state index in [1.54, 1.807) is 29.5 Å². The van der Waals surface area contributed by atoms with E-state index in [0.717, 1.165) is 37.7 Å². The monoisotopic (exact) mass is 407 g/mol. The predicted octanol–water partition coefficient (Wildman–Crippen LogP) is 4.70. The van der Waals surface area contributed by atoms with Crippen molar-refractivity contribution in [1.82, 2.24) is 4.90 Å². The number of ether oxygens (including phenoxy) is 1. The van der Waals surface area contributed by atoms with E-state index >= 15 is 0 Å². The molecule has 1 amide bonds. The first kappa shape index (κ1) is 19.2. The van der Waals surface area contributed by atoms with Crippen molar-refractivity contribution in [2.24, 2.45) is 0 Å². The van der Waals surface area contributed by atoms with Crippen molar-refractivity contribution < 1.29 is 18.7 Å². The zero-order valence-electron chi connectivity index (χ0n) is 16.3. The van der Waals surface area contributed by atoms with Crippen LogP contribution in [0.5, 0.6) is 0 Å². The molecule has 2 aromatic carbocycles. The first-order valence-corrected chi connectivity index (χ1v) is 10.2. The normalized spacial score (nSPS) is 11.1. The van der Waals surface area contributed by atoms with Crippen LogP contribution in [0.3, 0.4) is 0 Å². The van der Waals surface area contributed by atoms with Crippen LogP contribution in [0.25, 0.3) is 21.7 Å². The quantitative estimate of drug-likeness (QED) is 0.435. The second kappa shape index (κ2) is 8.09. The third kappa shape index (κ3) is 4.03. The first-order valence-electron chi connectivity index (χ1n) is 9.33. The Morgan fingerprint density at radius 2 is 1.97 bits per heavy atom. The van der Waals surface area contributed by atoms with E-state index in [4.69, 9.17) is 9.15 Å². The predicted molar refractivity (Wildman–Crippen MR) is 114 cm³/mol. The zero-order chi connectivity index (χ0) is 20.4. The van der Waals surface area contributed by atoms with Crippen LogP contribution >= 0.6 is 11.3 Å². The molecule has 0 fully saturated rings. The molecule has 0 saturated heterocycles. The van der Waals surface area contributed by atoms with Crippen LogP contribution in [0.1, 0.15) is 16.0 Å². The Labute approximate surface area is 172 Å². The molecule has 4 rings (SSSR count). The number of carbonyl (C=O) groups is 2. The van der Waals surface area contributed by atoms with Gasteiger partial charge in [-0.05, 0) is 40.8 Å². The summed E-state index contributed by atoms with van der Waals surface area (Å²) in [5, 5.41) is 5.03. The van der Waals surface area contributed by atoms with E-state index in [1.807, 2.05) is 54.8 Å². The number of rotatable bonds is 6. The molecule has 2 aromatic heterocycles. The molecule has 6 heteroatoms. The van der Waals surface area contributed by atoms with Crippen molar-refractivity contribution >= 4 is 45.0 Å². The molecule has 5 nitrogen and oxygen atoms in total. The van der Waals surface area contributed by atoms with Crippen molar-refractivity contribution in [2.45, 2.75) is 19.9 Å². The summed E-state index contributed by atoms with van der Waals surface area (Å²) in [6.45, 7) is 2.26. The smallest absolute Gasteiger partial charge is 0.310 e. The van der Waals surface area contributed by atoms with Crippen LogP contribution in [0.4, 0.5) is 0 Å². The van der Waals surface area contributed by atoms with Gasteiger partial charge in [-0.25, -0.2) is 0 Å². The van der Waals surface area contributed by atoms with Crippen LogP contribution in [-0.4, -0.2) is 30.4 Å². The van der Waals surface area contributed by atoms with Crippen molar-refractivity contribution in [3.05, 3.63) is 70.1 Å². The van der Waals surface area contributed by atoms with Gasteiger partial charge in [-0.2, -0.15) is 0 Å². The molecule has 0 N–H and O–H groups in total. The number of nitrogens with zero attached hydrogens (tertiary/aromatic N) is 1. The summed E-state index contributed by atoms with van der Waals surface area (Å²) < 4.78 is 10.9. The number of fused-ring (bicyclic) bond motifs is 3. The number of esters is 1. The fraction of sp³-hybridized carbons (Fsp3) is 0.217. The Morgan fingerprint density at radius 3 is 2.76 bits per heavy atom. The summed E-state index contributed by atoms with van der Waals surface area (Å²) >= 11 is 1.61. The van der Waals surface area contributed by atoms with Crippen molar-refractivity contribution in [3.63, 3.8) is 0 Å². The van der Waals surface area contributed by atoms with Gasteiger partial charge in [0.15, 0.2) is 6.61 Å². The second-order valence-electron chi connectivity index (χ2n) is 7.03. The summed E-state index contributed by atoms with van der Waals surface area (Å²) in [6, 6.07) is 13.9. The Balaban J connectivity index is 1.40. The molecule has 0 bridgehead atoms. The Hall–Kier alpha value is -3.12. The number of hydrogen-bond acceptors (Lipinski definition) is 5. The van der Waals surface area contributed by atoms with Crippen LogP contribution < -0.4 is 0 Å². The van der Waals surface area contributed by atoms with Gasteiger partial charge in [-0.15, -0.1) is 11.3 Å². The molecule has 148 valence electrons. The van der Waals surface area contributed by atoms with Crippen LogP contribution in [0, 0.1) is 6.92 Å². The lowest BCUT2D eigenvalue weighted by Gasteiger charge is -2.16. The fourth-order valence-electron chi connectivity index (χ4n) is 3.33. The van der Waals surface area contributed by atoms with E-state index in [-0.39, 0.29) is 18.9 Å². The lowest BCUT2D eigenvalue weighted by atomic mass is 10.0. The molecular weight excluding hydrogens is 386 g/mol. The molecule has 4 aromatic rings. The van der Waals surface area contributed by atoms with Gasteiger partial charge in [0.05, 0.1) is 19.2 Å². The molecule has 0 aliphatic heterocycles. The van der Waals surface area contributed by atoms with Gasteiger partial charge >= 0.3 is 5.97 Å². The molecule has 0 aliphatic carbocycles. The van der Waals surface area contributed by atoms with E-state index in [1.165, 1.54) is 0 Å². The van der Waals surface area contributed by atoms with Gasteiger partial charge in [-0.1, -0.05) is 30.3 Å². The molecular formula is C23H21NO4S. The average Bonchev–Trinajstić information content (AvgIpc) is 3.32. The molecule has 0 spiro atoms. The Bertz CT molecular complexity index is 1190. The summed E-state index contributed by atoms with van der Waals surface area (Å²) in [7, 11) is 1.71. The molecule has 0 atom stereocenters. The number of aryl methyl sites for hydroxylation is 1. The highest BCUT2D eigenvalue weighted by molar-refractivity contribution is 7.10. The van der Waals surface area contributed by atoms with E-state index in [2.05, 4.69) is 0 Å². The Kier molecular flexibility index (Phi) is 5.36. The second-order valence-corrected chi connectivity index (χ2v) is 8.04. The number of furan rings is 1. The highest BCUT2D eigenvalue weighted by Gasteiger charge is 2.17. The van der Waals surface area contributed by atoms with Crippen LogP contribution in [-0.2, 0) is 27.3 Å². The van der Waals surface area contributed by atoms with Gasteiger partial charge in [0.2, 0.25) is 0 Å². The fourth-order valence-corrected chi connectivity index (χ4v) is 4.29. The summed E-state index contributed by atoms with van der Waals surface area (Å²) in [4.78, 5) is 27.4. The summed E-state index contributed by atoms with van der Waals surface area (Å²) in [6.07, 6.45) is 1.65. The van der Waals surface area contributed by atoms with E-state index < -0.39 is 5.97 Å². The lowest BCUT2D eigenvalue weighted by Crippen LogP contribution is -2.31. The SMILES string of the molecule is Cc1ccsc1CN(C)C(=O)COC(=O)Cc1coc2ccc3ccccc3c12. The van der Waals surface area contributed by atoms with Crippen LogP contribution in [0.2, 0.25) is 0 Å². The third-order valence-electron chi connectivity index (χ3n) is 5.01. The highest BCUT2D eigenvalue weighted by Crippen LogP contribution is 2.30. The molecule has 0 radical (unpaired) electrons. The highest BCUT2D eigenvalue weighted by atomic mass is 32.1. The topological polar surface area (TPSA) is 59.8 Å². The molecule has 0 unspecified atom stereocenters. The van der Waals surface area contributed by atoms with Crippen molar-refractivity contribution in [2.75, 3.05) is 13.7 Å². The largest absolute Gasteiger partial charge is 0.464 e. The summed E-state index contributed by atoms with van der Waals surface area (Å²) in [5.41, 5.74) is 2.65. The molecule has 0 saturated carbocycles. The van der Waals surface area contributed by atoms with Crippen molar-refractivity contribution in [1.29, 1.82) is 0 Å². The molecule has 0 aliphatic rings. The maximum Gasteiger partial charge on any atom is 0.310 e.